The van der Waals surface area contributed by atoms with Gasteiger partial charge in [0.2, 0.25) is 0 Å². The quantitative estimate of drug-likeness (QED) is 0.661. The topological polar surface area (TPSA) is 12.0 Å². The van der Waals surface area contributed by atoms with E-state index in [9.17, 15) is 0 Å². The Morgan fingerprint density at radius 1 is 0.842 bits per heavy atom. The Labute approximate surface area is 121 Å². The van der Waals surface area contributed by atoms with Crippen LogP contribution in [0, 0.1) is 0 Å². The molecule has 1 saturated carbocycles. The summed E-state index contributed by atoms with van der Waals surface area (Å²) in [4.78, 5) is 0. The van der Waals surface area contributed by atoms with Crippen molar-refractivity contribution < 1.29 is 0 Å². The lowest BCUT2D eigenvalue weighted by atomic mass is 9.97. The van der Waals surface area contributed by atoms with Gasteiger partial charge in [0.1, 0.15) is 0 Å². The summed E-state index contributed by atoms with van der Waals surface area (Å²) in [5.41, 5.74) is 0. The Bertz CT molecular complexity index is 178. The van der Waals surface area contributed by atoms with Crippen molar-refractivity contribution in [1.82, 2.24) is 5.32 Å². The van der Waals surface area contributed by atoms with Gasteiger partial charge in [0, 0.05) is 12.1 Å². The second-order valence-corrected chi connectivity index (χ2v) is 6.67. The van der Waals surface area contributed by atoms with E-state index >= 15 is 0 Å². The fraction of sp³-hybridized carbons (Fsp3) is 1.00. The van der Waals surface area contributed by atoms with Gasteiger partial charge in [-0.3, -0.25) is 0 Å². The van der Waals surface area contributed by atoms with Crippen molar-refractivity contribution in [3.63, 3.8) is 0 Å². The molecule has 1 N–H and O–H groups in total. The van der Waals surface area contributed by atoms with Crippen LogP contribution in [0.1, 0.15) is 104 Å². The molecule has 1 aliphatic carbocycles. The zero-order valence-corrected chi connectivity index (χ0v) is 13.6. The molecule has 1 aliphatic rings. The summed E-state index contributed by atoms with van der Waals surface area (Å²) in [7, 11) is 0. The highest BCUT2D eigenvalue weighted by atomic mass is 14.9. The lowest BCUT2D eigenvalue weighted by molar-refractivity contribution is 0.358. The summed E-state index contributed by atoms with van der Waals surface area (Å²) in [6.45, 7) is 4.68. The van der Waals surface area contributed by atoms with Crippen LogP contribution in [-0.4, -0.2) is 12.1 Å². The van der Waals surface area contributed by atoms with Crippen molar-refractivity contribution in [2.24, 2.45) is 0 Å². The number of hydrogen-bond donors (Lipinski definition) is 1. The molecule has 0 aromatic carbocycles. The standard InChI is InChI=1S/C18H37N/c1-3-4-14-17(2)19-18-15-12-10-8-6-5-7-9-11-13-16-18/h17-19H,3-16H2,1-2H3. The molecule has 0 spiro atoms. The van der Waals surface area contributed by atoms with Crippen molar-refractivity contribution in [3.05, 3.63) is 0 Å². The minimum atomic E-state index is 0.720. The number of nitrogens with one attached hydrogen (secondary N) is 1. The summed E-state index contributed by atoms with van der Waals surface area (Å²) in [5.74, 6) is 0. The van der Waals surface area contributed by atoms with Crippen molar-refractivity contribution in [3.8, 4) is 0 Å². The van der Waals surface area contributed by atoms with E-state index in [2.05, 4.69) is 19.2 Å². The highest BCUT2D eigenvalue weighted by Crippen LogP contribution is 2.17. The van der Waals surface area contributed by atoms with Gasteiger partial charge in [-0.25, -0.2) is 0 Å². The molecule has 1 heteroatoms. The average molecular weight is 268 g/mol. The lowest BCUT2D eigenvalue weighted by Crippen LogP contribution is -2.36. The highest BCUT2D eigenvalue weighted by molar-refractivity contribution is 4.72. The number of hydrogen-bond acceptors (Lipinski definition) is 1. The van der Waals surface area contributed by atoms with Crippen LogP contribution in [0.4, 0.5) is 0 Å². The second-order valence-electron chi connectivity index (χ2n) is 6.67. The predicted octanol–water partition coefficient (Wildman–Crippen LogP) is 5.83. The predicted molar refractivity (Wildman–Crippen MR) is 86.7 cm³/mol. The number of unbranched alkanes of at least 4 members (excludes halogenated alkanes) is 1. The van der Waals surface area contributed by atoms with E-state index in [-0.39, 0.29) is 0 Å². The van der Waals surface area contributed by atoms with E-state index in [1.54, 1.807) is 0 Å². The first-order chi connectivity index (χ1) is 9.33. The van der Waals surface area contributed by atoms with E-state index in [0.29, 0.717) is 0 Å². The maximum atomic E-state index is 3.91. The smallest absolute Gasteiger partial charge is 0.00695 e. The first kappa shape index (κ1) is 17.0. The SMILES string of the molecule is CCCCC(C)NC1CCCCCCCCCCC1. The van der Waals surface area contributed by atoms with Crippen LogP contribution in [0.3, 0.4) is 0 Å². The maximum Gasteiger partial charge on any atom is 0.00695 e. The molecule has 0 radical (unpaired) electrons. The van der Waals surface area contributed by atoms with Gasteiger partial charge in [-0.15, -0.1) is 0 Å². The van der Waals surface area contributed by atoms with Crippen molar-refractivity contribution >= 4 is 0 Å². The molecule has 0 bridgehead atoms. The molecule has 114 valence electrons. The fourth-order valence-corrected chi connectivity index (χ4v) is 3.33. The minimum Gasteiger partial charge on any atom is -0.312 e. The summed E-state index contributed by atoms with van der Waals surface area (Å²) < 4.78 is 0. The molecule has 1 nitrogen and oxygen atoms in total. The monoisotopic (exact) mass is 267 g/mol. The van der Waals surface area contributed by atoms with E-state index in [1.165, 1.54) is 89.9 Å². The van der Waals surface area contributed by atoms with Crippen LogP contribution in [0.5, 0.6) is 0 Å². The van der Waals surface area contributed by atoms with Crippen LogP contribution in [0.15, 0.2) is 0 Å². The molecule has 0 heterocycles. The van der Waals surface area contributed by atoms with Crippen LogP contribution in [-0.2, 0) is 0 Å². The molecule has 1 rings (SSSR count). The minimum absolute atomic E-state index is 0.720. The Balaban J connectivity index is 2.25. The van der Waals surface area contributed by atoms with E-state index in [1.807, 2.05) is 0 Å². The van der Waals surface area contributed by atoms with E-state index in [0.717, 1.165) is 12.1 Å². The Hall–Kier alpha value is -0.0400. The summed E-state index contributed by atoms with van der Waals surface area (Å²) in [6.07, 6.45) is 20.1. The van der Waals surface area contributed by atoms with Gasteiger partial charge in [0.25, 0.3) is 0 Å². The summed E-state index contributed by atoms with van der Waals surface area (Å²) in [5, 5.41) is 3.91. The van der Waals surface area contributed by atoms with Crippen LogP contribution >= 0.6 is 0 Å². The molecule has 0 saturated heterocycles. The molecule has 0 aromatic rings. The molecule has 1 fully saturated rings. The molecule has 0 aliphatic heterocycles. The fourth-order valence-electron chi connectivity index (χ4n) is 3.33. The first-order valence-electron chi connectivity index (χ1n) is 9.09. The maximum absolute atomic E-state index is 3.91. The molecule has 0 aromatic heterocycles. The van der Waals surface area contributed by atoms with E-state index in [4.69, 9.17) is 0 Å². The van der Waals surface area contributed by atoms with Crippen LogP contribution < -0.4 is 5.32 Å². The lowest BCUT2D eigenvalue weighted by Gasteiger charge is -2.24. The molecular weight excluding hydrogens is 230 g/mol. The summed E-state index contributed by atoms with van der Waals surface area (Å²) in [6, 6.07) is 1.52. The molecule has 1 unspecified atom stereocenters. The van der Waals surface area contributed by atoms with E-state index < -0.39 is 0 Å². The average Bonchev–Trinajstić information content (AvgIpc) is 2.39. The number of rotatable bonds is 5. The molecule has 1 atom stereocenters. The van der Waals surface area contributed by atoms with Gasteiger partial charge in [0.15, 0.2) is 0 Å². The Morgan fingerprint density at radius 2 is 1.32 bits per heavy atom. The molecule has 0 amide bonds. The van der Waals surface area contributed by atoms with Crippen LogP contribution in [0.25, 0.3) is 0 Å². The van der Waals surface area contributed by atoms with Gasteiger partial charge >= 0.3 is 0 Å². The Kier molecular flexibility index (Phi) is 10.5. The largest absolute Gasteiger partial charge is 0.312 e. The third kappa shape index (κ3) is 9.49. The van der Waals surface area contributed by atoms with Gasteiger partial charge < -0.3 is 5.32 Å². The third-order valence-electron chi connectivity index (χ3n) is 4.62. The van der Waals surface area contributed by atoms with Crippen molar-refractivity contribution in [2.45, 2.75) is 116 Å². The zero-order valence-electron chi connectivity index (χ0n) is 13.6. The van der Waals surface area contributed by atoms with Gasteiger partial charge in [-0.2, -0.15) is 0 Å². The van der Waals surface area contributed by atoms with Gasteiger partial charge in [-0.1, -0.05) is 77.6 Å². The molecule has 19 heavy (non-hydrogen) atoms. The van der Waals surface area contributed by atoms with Crippen LogP contribution in [0.2, 0.25) is 0 Å². The highest BCUT2D eigenvalue weighted by Gasteiger charge is 2.12. The first-order valence-corrected chi connectivity index (χ1v) is 9.09. The zero-order chi connectivity index (χ0) is 13.8. The van der Waals surface area contributed by atoms with Crippen molar-refractivity contribution in [1.29, 1.82) is 0 Å². The Morgan fingerprint density at radius 3 is 1.79 bits per heavy atom. The molecular formula is C18H37N. The second kappa shape index (κ2) is 11.8. The normalized spacial score (nSPS) is 22.4. The van der Waals surface area contributed by atoms with Gasteiger partial charge in [-0.05, 0) is 26.2 Å². The van der Waals surface area contributed by atoms with Gasteiger partial charge in [0.05, 0.1) is 0 Å². The third-order valence-corrected chi connectivity index (χ3v) is 4.62. The summed E-state index contributed by atoms with van der Waals surface area (Å²) >= 11 is 0. The van der Waals surface area contributed by atoms with Crippen molar-refractivity contribution in [2.75, 3.05) is 0 Å².